The summed E-state index contributed by atoms with van der Waals surface area (Å²) in [5.74, 6) is 0. The highest BCUT2D eigenvalue weighted by Crippen LogP contribution is 1.84. The van der Waals surface area contributed by atoms with Crippen LogP contribution in [0.3, 0.4) is 0 Å². The van der Waals surface area contributed by atoms with Gasteiger partial charge in [0, 0.05) is 0 Å². The van der Waals surface area contributed by atoms with Gasteiger partial charge < -0.3 is 5.11 Å². The molecule has 0 atom stereocenters. The highest BCUT2D eigenvalue weighted by atomic mass is 16.5. The van der Waals surface area contributed by atoms with Gasteiger partial charge in [-0.3, -0.25) is 10.7 Å². The number of aliphatic hydroxyl groups is 1. The first-order valence-corrected chi connectivity index (χ1v) is 2.18. The van der Waals surface area contributed by atoms with Crippen molar-refractivity contribution < 1.29 is 10.3 Å². The largest absolute Gasteiger partial charge is 0.392 e. The maximum atomic E-state index is 8.22. The van der Waals surface area contributed by atoms with Crippen molar-refractivity contribution in [2.24, 2.45) is 0 Å². The first-order valence-electron chi connectivity index (χ1n) is 2.18. The zero-order chi connectivity index (χ0) is 6.41. The Bertz CT molecular complexity index is 98.6. The van der Waals surface area contributed by atoms with Gasteiger partial charge in [-0.1, -0.05) is 6.58 Å². The fourth-order valence-electron chi connectivity index (χ4n) is 0.273. The molecule has 0 aliphatic carbocycles. The van der Waals surface area contributed by atoms with Crippen LogP contribution in [0.4, 0.5) is 0 Å². The van der Waals surface area contributed by atoms with Crippen LogP contribution in [-0.2, 0) is 0 Å². The van der Waals surface area contributed by atoms with E-state index in [0.717, 1.165) is 0 Å². The SMILES string of the molecule is C=C/C(=C\CO)NO. The Morgan fingerprint density at radius 2 is 2.38 bits per heavy atom. The van der Waals surface area contributed by atoms with Gasteiger partial charge in [-0.2, -0.15) is 0 Å². The molecule has 0 heterocycles. The number of nitrogens with one attached hydrogen (secondary N) is 1. The molecule has 8 heavy (non-hydrogen) atoms. The van der Waals surface area contributed by atoms with Crippen LogP contribution in [-0.4, -0.2) is 16.9 Å². The van der Waals surface area contributed by atoms with Crippen molar-refractivity contribution in [2.45, 2.75) is 0 Å². The Kier molecular flexibility index (Phi) is 3.93. The minimum atomic E-state index is -0.102. The number of hydrogen-bond donors (Lipinski definition) is 3. The fourth-order valence-corrected chi connectivity index (χ4v) is 0.273. The highest BCUT2D eigenvalue weighted by molar-refractivity contribution is 5.11. The fraction of sp³-hybridized carbons (Fsp3) is 0.200. The first-order chi connectivity index (χ1) is 3.85. The summed E-state index contributed by atoms with van der Waals surface area (Å²) in [6.45, 7) is 3.25. The van der Waals surface area contributed by atoms with E-state index in [0.29, 0.717) is 5.70 Å². The van der Waals surface area contributed by atoms with Gasteiger partial charge in [0.2, 0.25) is 0 Å². The van der Waals surface area contributed by atoms with Crippen molar-refractivity contribution >= 4 is 0 Å². The number of hydrogen-bond acceptors (Lipinski definition) is 3. The third kappa shape index (κ3) is 2.39. The lowest BCUT2D eigenvalue weighted by atomic mass is 10.4. The second-order valence-electron chi connectivity index (χ2n) is 1.16. The smallest absolute Gasteiger partial charge is 0.0635 e. The van der Waals surface area contributed by atoms with Crippen molar-refractivity contribution in [1.82, 2.24) is 5.48 Å². The molecular weight excluding hydrogens is 106 g/mol. The van der Waals surface area contributed by atoms with E-state index in [1.54, 1.807) is 0 Å². The van der Waals surface area contributed by atoms with E-state index >= 15 is 0 Å². The van der Waals surface area contributed by atoms with Gasteiger partial charge in [0.25, 0.3) is 0 Å². The molecule has 0 fully saturated rings. The second-order valence-corrected chi connectivity index (χ2v) is 1.16. The molecule has 0 aromatic carbocycles. The summed E-state index contributed by atoms with van der Waals surface area (Å²) in [5.41, 5.74) is 2.25. The van der Waals surface area contributed by atoms with Gasteiger partial charge in [-0.15, -0.1) is 0 Å². The molecule has 0 saturated heterocycles. The number of allylic oxidation sites excluding steroid dienone is 1. The third-order valence-electron chi connectivity index (χ3n) is 0.660. The topological polar surface area (TPSA) is 52.5 Å². The predicted octanol–water partition coefficient (Wildman–Crippen LogP) is 0.0274. The Balaban J connectivity index is 3.66. The lowest BCUT2D eigenvalue weighted by molar-refractivity contribution is 0.203. The molecule has 3 heteroatoms. The highest BCUT2D eigenvalue weighted by Gasteiger charge is 1.80. The average Bonchev–Trinajstić information content (AvgIpc) is 1.83. The molecule has 0 unspecified atom stereocenters. The third-order valence-corrected chi connectivity index (χ3v) is 0.660. The van der Waals surface area contributed by atoms with Crippen LogP contribution in [0.1, 0.15) is 0 Å². The van der Waals surface area contributed by atoms with Crippen LogP contribution in [0, 0.1) is 0 Å². The molecule has 0 saturated carbocycles. The Labute approximate surface area is 47.9 Å². The van der Waals surface area contributed by atoms with Crippen molar-refractivity contribution in [3.8, 4) is 0 Å². The summed E-state index contributed by atoms with van der Waals surface area (Å²) in [5, 5.41) is 16.4. The van der Waals surface area contributed by atoms with E-state index in [2.05, 4.69) is 6.58 Å². The van der Waals surface area contributed by atoms with Crippen LogP contribution in [0.25, 0.3) is 0 Å². The van der Waals surface area contributed by atoms with Gasteiger partial charge in [0.15, 0.2) is 0 Å². The molecule has 0 aromatic heterocycles. The molecule has 46 valence electrons. The Hall–Kier alpha value is -0.800. The molecular formula is C5H9NO2. The normalized spacial score (nSPS) is 11.0. The van der Waals surface area contributed by atoms with Crippen LogP contribution >= 0.6 is 0 Å². The molecule has 3 N–H and O–H groups in total. The minimum Gasteiger partial charge on any atom is -0.392 e. The van der Waals surface area contributed by atoms with Crippen LogP contribution in [0.15, 0.2) is 24.4 Å². The molecule has 0 amide bonds. The zero-order valence-corrected chi connectivity index (χ0v) is 4.46. The van der Waals surface area contributed by atoms with Gasteiger partial charge in [-0.05, 0) is 12.2 Å². The van der Waals surface area contributed by atoms with Crippen LogP contribution in [0.5, 0.6) is 0 Å². The predicted molar refractivity (Wildman–Crippen MR) is 30.3 cm³/mol. The molecule has 0 aliphatic heterocycles. The van der Waals surface area contributed by atoms with Gasteiger partial charge in [0.1, 0.15) is 0 Å². The maximum Gasteiger partial charge on any atom is 0.0635 e. The summed E-state index contributed by atoms with van der Waals surface area (Å²) in [6.07, 6.45) is 2.79. The van der Waals surface area contributed by atoms with E-state index in [1.165, 1.54) is 12.2 Å². The average molecular weight is 115 g/mol. The molecule has 0 rings (SSSR count). The summed E-state index contributed by atoms with van der Waals surface area (Å²) in [7, 11) is 0. The molecule has 0 aliphatic rings. The Morgan fingerprint density at radius 3 is 2.50 bits per heavy atom. The van der Waals surface area contributed by atoms with Gasteiger partial charge in [-0.25, -0.2) is 0 Å². The summed E-state index contributed by atoms with van der Waals surface area (Å²) < 4.78 is 0. The summed E-state index contributed by atoms with van der Waals surface area (Å²) in [4.78, 5) is 0. The van der Waals surface area contributed by atoms with Crippen LogP contribution in [0.2, 0.25) is 0 Å². The second kappa shape index (κ2) is 4.36. The van der Waals surface area contributed by atoms with Gasteiger partial charge >= 0.3 is 0 Å². The van der Waals surface area contributed by atoms with Crippen molar-refractivity contribution in [2.75, 3.05) is 6.61 Å². The number of hydroxylamine groups is 1. The lowest BCUT2D eigenvalue weighted by Gasteiger charge is -1.93. The number of rotatable bonds is 3. The molecule has 0 spiro atoms. The van der Waals surface area contributed by atoms with E-state index in [-0.39, 0.29) is 6.61 Å². The van der Waals surface area contributed by atoms with E-state index in [1.807, 2.05) is 5.48 Å². The Morgan fingerprint density at radius 1 is 1.75 bits per heavy atom. The molecule has 0 aromatic rings. The standard InChI is InChI=1S/C5H9NO2/c1-2-5(6-8)3-4-7/h2-3,6-8H,1,4H2/b5-3+. The first kappa shape index (κ1) is 7.20. The van der Waals surface area contributed by atoms with Crippen LogP contribution < -0.4 is 5.48 Å². The quantitative estimate of drug-likeness (QED) is 0.359. The monoisotopic (exact) mass is 115 g/mol. The molecule has 0 bridgehead atoms. The van der Waals surface area contributed by atoms with Crippen molar-refractivity contribution in [1.29, 1.82) is 0 Å². The lowest BCUT2D eigenvalue weighted by Crippen LogP contribution is -2.04. The maximum absolute atomic E-state index is 8.22. The van der Waals surface area contributed by atoms with E-state index < -0.39 is 0 Å². The van der Waals surface area contributed by atoms with E-state index in [4.69, 9.17) is 10.3 Å². The van der Waals surface area contributed by atoms with Crippen molar-refractivity contribution in [3.05, 3.63) is 24.4 Å². The van der Waals surface area contributed by atoms with E-state index in [9.17, 15) is 0 Å². The van der Waals surface area contributed by atoms with Gasteiger partial charge in [0.05, 0.1) is 12.3 Å². The summed E-state index contributed by atoms with van der Waals surface area (Å²) >= 11 is 0. The number of aliphatic hydroxyl groups excluding tert-OH is 1. The molecule has 3 nitrogen and oxygen atoms in total. The zero-order valence-electron chi connectivity index (χ0n) is 4.46. The minimum absolute atomic E-state index is 0.102. The van der Waals surface area contributed by atoms with Crippen molar-refractivity contribution in [3.63, 3.8) is 0 Å². The molecule has 0 radical (unpaired) electrons. The summed E-state index contributed by atoms with van der Waals surface area (Å²) in [6, 6.07) is 0.